The third-order valence-electron chi connectivity index (χ3n) is 4.63. The molecule has 1 aliphatic heterocycles. The van der Waals surface area contributed by atoms with Crippen molar-refractivity contribution < 1.29 is 9.59 Å². The van der Waals surface area contributed by atoms with Gasteiger partial charge in [-0.2, -0.15) is 0 Å². The predicted octanol–water partition coefficient (Wildman–Crippen LogP) is 3.21. The minimum Gasteiger partial charge on any atom is -0.352 e. The SMILES string of the molecule is CCNC(=O)c1cc(NC(=O)N2CCCC3(CC3)C2)c(C)s1. The number of anilines is 1. The van der Waals surface area contributed by atoms with Crippen molar-refractivity contribution in [2.24, 2.45) is 5.41 Å². The molecular weight excluding hydrogens is 298 g/mol. The minimum atomic E-state index is -0.0778. The van der Waals surface area contributed by atoms with Gasteiger partial charge in [-0.25, -0.2) is 4.79 Å². The second-order valence-corrected chi connectivity index (χ2v) is 7.65. The Morgan fingerprint density at radius 3 is 2.82 bits per heavy atom. The summed E-state index contributed by atoms with van der Waals surface area (Å²) >= 11 is 1.42. The average Bonchev–Trinajstić information content (AvgIpc) is 3.13. The fourth-order valence-corrected chi connectivity index (χ4v) is 4.02. The molecule has 1 aromatic heterocycles. The van der Waals surface area contributed by atoms with Gasteiger partial charge in [-0.1, -0.05) is 0 Å². The summed E-state index contributed by atoms with van der Waals surface area (Å²) in [6, 6.07) is 1.74. The van der Waals surface area contributed by atoms with Crippen LogP contribution in [0.5, 0.6) is 0 Å². The van der Waals surface area contributed by atoms with Crippen molar-refractivity contribution in [3.8, 4) is 0 Å². The zero-order chi connectivity index (χ0) is 15.7. The lowest BCUT2D eigenvalue weighted by Gasteiger charge is -2.32. The monoisotopic (exact) mass is 321 g/mol. The van der Waals surface area contributed by atoms with Gasteiger partial charge in [-0.3, -0.25) is 4.79 Å². The number of nitrogens with one attached hydrogen (secondary N) is 2. The van der Waals surface area contributed by atoms with E-state index in [1.807, 2.05) is 18.7 Å². The number of thiophene rings is 1. The number of rotatable bonds is 3. The van der Waals surface area contributed by atoms with Gasteiger partial charge in [0.25, 0.3) is 5.91 Å². The Balaban J connectivity index is 1.65. The van der Waals surface area contributed by atoms with Crippen LogP contribution in [0, 0.1) is 12.3 Å². The molecule has 1 aliphatic carbocycles. The van der Waals surface area contributed by atoms with Crippen LogP contribution >= 0.6 is 11.3 Å². The first-order valence-corrected chi connectivity index (χ1v) is 8.79. The molecule has 6 heteroatoms. The van der Waals surface area contributed by atoms with Crippen molar-refractivity contribution in [2.45, 2.75) is 39.5 Å². The number of nitrogens with zero attached hydrogens (tertiary/aromatic N) is 1. The van der Waals surface area contributed by atoms with Crippen LogP contribution in [0.15, 0.2) is 6.07 Å². The normalized spacial score (nSPS) is 19.1. The molecule has 22 heavy (non-hydrogen) atoms. The van der Waals surface area contributed by atoms with E-state index < -0.39 is 0 Å². The van der Waals surface area contributed by atoms with Gasteiger partial charge in [0, 0.05) is 24.5 Å². The van der Waals surface area contributed by atoms with Gasteiger partial charge in [0.15, 0.2) is 0 Å². The lowest BCUT2D eigenvalue weighted by molar-refractivity contribution is 0.0960. The van der Waals surface area contributed by atoms with E-state index in [1.54, 1.807) is 6.07 Å². The van der Waals surface area contributed by atoms with Crippen LogP contribution in [0.3, 0.4) is 0 Å². The molecular formula is C16H23N3O2S. The van der Waals surface area contributed by atoms with Crippen LogP contribution < -0.4 is 10.6 Å². The molecule has 0 atom stereocenters. The fourth-order valence-electron chi connectivity index (χ4n) is 3.13. The van der Waals surface area contributed by atoms with Crippen molar-refractivity contribution in [1.29, 1.82) is 0 Å². The molecule has 1 saturated carbocycles. The smallest absolute Gasteiger partial charge is 0.321 e. The predicted molar refractivity (Wildman–Crippen MR) is 88.6 cm³/mol. The first-order chi connectivity index (χ1) is 10.5. The highest BCUT2D eigenvalue weighted by molar-refractivity contribution is 7.14. The van der Waals surface area contributed by atoms with E-state index in [0.717, 1.165) is 30.1 Å². The summed E-state index contributed by atoms with van der Waals surface area (Å²) in [6.45, 7) is 6.14. The summed E-state index contributed by atoms with van der Waals surface area (Å²) in [5.41, 5.74) is 1.18. The number of urea groups is 1. The zero-order valence-electron chi connectivity index (χ0n) is 13.2. The first kappa shape index (κ1) is 15.3. The lowest BCUT2D eigenvalue weighted by atomic mass is 9.95. The summed E-state index contributed by atoms with van der Waals surface area (Å²) in [4.78, 5) is 27.9. The van der Waals surface area contributed by atoms with Crippen LogP contribution in [0.4, 0.5) is 10.5 Å². The number of amides is 3. The topological polar surface area (TPSA) is 61.4 Å². The second kappa shape index (κ2) is 5.91. The van der Waals surface area contributed by atoms with E-state index in [2.05, 4.69) is 10.6 Å². The Morgan fingerprint density at radius 1 is 1.36 bits per heavy atom. The highest BCUT2D eigenvalue weighted by Gasteiger charge is 2.46. The molecule has 1 saturated heterocycles. The van der Waals surface area contributed by atoms with Gasteiger partial charge in [-0.15, -0.1) is 11.3 Å². The van der Waals surface area contributed by atoms with Crippen LogP contribution in [0.1, 0.15) is 47.2 Å². The van der Waals surface area contributed by atoms with E-state index in [9.17, 15) is 9.59 Å². The summed E-state index contributed by atoms with van der Waals surface area (Å²) in [7, 11) is 0. The van der Waals surface area contributed by atoms with Crippen molar-refractivity contribution in [3.63, 3.8) is 0 Å². The Hall–Kier alpha value is -1.56. The highest BCUT2D eigenvalue weighted by atomic mass is 32.1. The highest BCUT2D eigenvalue weighted by Crippen LogP contribution is 2.52. The van der Waals surface area contributed by atoms with E-state index >= 15 is 0 Å². The maximum absolute atomic E-state index is 12.5. The van der Waals surface area contributed by atoms with Crippen LogP contribution in [0.2, 0.25) is 0 Å². The Bertz CT molecular complexity index is 592. The fraction of sp³-hybridized carbons (Fsp3) is 0.625. The molecule has 0 aromatic carbocycles. The standard InChI is InChI=1S/C16H23N3O2S/c1-3-17-14(20)13-9-12(11(2)22-13)18-15(21)19-8-4-5-16(10-19)6-7-16/h9H,3-8,10H2,1-2H3,(H,17,20)(H,18,21). The first-order valence-electron chi connectivity index (χ1n) is 7.97. The maximum Gasteiger partial charge on any atom is 0.321 e. The molecule has 1 aromatic rings. The number of carbonyl (C=O) groups excluding carboxylic acids is 2. The Morgan fingerprint density at radius 2 is 2.14 bits per heavy atom. The van der Waals surface area contributed by atoms with E-state index in [-0.39, 0.29) is 11.9 Å². The van der Waals surface area contributed by atoms with Gasteiger partial charge in [0.2, 0.25) is 0 Å². The maximum atomic E-state index is 12.5. The van der Waals surface area contributed by atoms with Crippen LogP contribution in [-0.2, 0) is 0 Å². The molecule has 1 spiro atoms. The molecule has 3 amide bonds. The van der Waals surface area contributed by atoms with E-state index in [1.165, 1.54) is 30.6 Å². The molecule has 0 bridgehead atoms. The molecule has 120 valence electrons. The minimum absolute atomic E-state index is 0.0330. The molecule has 2 fully saturated rings. The van der Waals surface area contributed by atoms with E-state index in [0.29, 0.717) is 16.8 Å². The summed E-state index contributed by atoms with van der Waals surface area (Å²) in [5.74, 6) is -0.0778. The number of piperidine rings is 1. The average molecular weight is 321 g/mol. The van der Waals surface area contributed by atoms with Crippen molar-refractivity contribution in [3.05, 3.63) is 15.8 Å². The zero-order valence-corrected chi connectivity index (χ0v) is 14.0. The van der Waals surface area contributed by atoms with Crippen molar-refractivity contribution in [1.82, 2.24) is 10.2 Å². The number of hydrogen-bond acceptors (Lipinski definition) is 3. The molecule has 0 unspecified atom stereocenters. The molecule has 0 radical (unpaired) electrons. The Kier molecular flexibility index (Phi) is 4.12. The Labute approximate surface area is 135 Å². The van der Waals surface area contributed by atoms with E-state index in [4.69, 9.17) is 0 Å². The van der Waals surface area contributed by atoms with Gasteiger partial charge in [0.05, 0.1) is 10.6 Å². The number of likely N-dealkylation sites (tertiary alicyclic amines) is 1. The quantitative estimate of drug-likeness (QED) is 0.898. The molecule has 2 heterocycles. The third-order valence-corrected chi connectivity index (χ3v) is 5.68. The number of hydrogen-bond donors (Lipinski definition) is 2. The molecule has 2 aliphatic rings. The number of aryl methyl sites for hydroxylation is 1. The van der Waals surface area contributed by atoms with Gasteiger partial charge < -0.3 is 15.5 Å². The summed E-state index contributed by atoms with van der Waals surface area (Å²) in [5, 5.41) is 5.77. The molecule has 5 nitrogen and oxygen atoms in total. The van der Waals surface area contributed by atoms with Crippen molar-refractivity contribution in [2.75, 3.05) is 25.0 Å². The van der Waals surface area contributed by atoms with Gasteiger partial charge in [0.1, 0.15) is 0 Å². The van der Waals surface area contributed by atoms with Crippen LogP contribution in [0.25, 0.3) is 0 Å². The largest absolute Gasteiger partial charge is 0.352 e. The van der Waals surface area contributed by atoms with Gasteiger partial charge in [-0.05, 0) is 51.0 Å². The molecule has 3 rings (SSSR count). The summed E-state index contributed by atoms with van der Waals surface area (Å²) < 4.78 is 0. The number of carbonyl (C=O) groups is 2. The van der Waals surface area contributed by atoms with Gasteiger partial charge >= 0.3 is 6.03 Å². The van der Waals surface area contributed by atoms with Crippen molar-refractivity contribution >= 4 is 29.0 Å². The second-order valence-electron chi connectivity index (χ2n) is 6.40. The molecule has 2 N–H and O–H groups in total. The van der Waals surface area contributed by atoms with Crippen LogP contribution in [-0.4, -0.2) is 36.5 Å². The summed E-state index contributed by atoms with van der Waals surface area (Å²) in [6.07, 6.45) is 4.88. The third kappa shape index (κ3) is 3.11. The lowest BCUT2D eigenvalue weighted by Crippen LogP contribution is -2.43.